The zero-order chi connectivity index (χ0) is 16.3. The van der Waals surface area contributed by atoms with Gasteiger partial charge in [-0.2, -0.15) is 0 Å². The molecule has 0 radical (unpaired) electrons. The first-order chi connectivity index (χ1) is 10.4. The van der Waals surface area contributed by atoms with Crippen LogP contribution in [0.1, 0.15) is 39.2 Å². The molecular weight excluding hydrogens is 275 g/mol. The molecule has 2 nitrogen and oxygen atoms in total. The summed E-state index contributed by atoms with van der Waals surface area (Å²) >= 11 is 0. The Kier molecular flexibility index (Phi) is 4.84. The van der Waals surface area contributed by atoms with Crippen LogP contribution >= 0.6 is 0 Å². The Hall–Kier alpha value is -1.90. The van der Waals surface area contributed by atoms with Crippen molar-refractivity contribution in [1.29, 1.82) is 0 Å². The number of pyridine rings is 1. The molecule has 0 aliphatic carbocycles. The van der Waals surface area contributed by atoms with Gasteiger partial charge in [0.15, 0.2) is 0 Å². The normalized spacial score (nSPS) is 11.5. The monoisotopic (exact) mass is 300 g/mol. The number of nitrogens with zero attached hydrogens (tertiary/aromatic N) is 2. The van der Waals surface area contributed by atoms with Crippen molar-refractivity contribution in [3.05, 3.63) is 47.9 Å². The highest BCUT2D eigenvalue weighted by Crippen LogP contribution is 2.38. The van der Waals surface area contributed by atoms with Crippen molar-refractivity contribution < 1.29 is 4.39 Å². The summed E-state index contributed by atoms with van der Waals surface area (Å²) < 4.78 is 13.8. The lowest BCUT2D eigenvalue weighted by atomic mass is 9.75. The largest absolute Gasteiger partial charge is 0.378 e. The summed E-state index contributed by atoms with van der Waals surface area (Å²) in [4.78, 5) is 6.56. The fourth-order valence-electron chi connectivity index (χ4n) is 2.71. The van der Waals surface area contributed by atoms with Crippen molar-refractivity contribution in [2.24, 2.45) is 0 Å². The topological polar surface area (TPSA) is 16.1 Å². The van der Waals surface area contributed by atoms with Crippen molar-refractivity contribution in [2.45, 2.75) is 39.0 Å². The number of hydrogen-bond donors (Lipinski definition) is 0. The zero-order valence-corrected chi connectivity index (χ0v) is 14.2. The molecule has 118 valence electrons. The van der Waals surface area contributed by atoms with E-state index >= 15 is 0 Å². The van der Waals surface area contributed by atoms with Gasteiger partial charge in [-0.05, 0) is 54.2 Å². The smallest absolute Gasteiger partial charge is 0.123 e. The van der Waals surface area contributed by atoms with Crippen LogP contribution in [0.4, 0.5) is 10.1 Å². The minimum atomic E-state index is -0.185. The molecule has 0 fully saturated rings. The molecule has 1 aromatic heterocycles. The predicted molar refractivity (Wildman–Crippen MR) is 91.9 cm³/mol. The van der Waals surface area contributed by atoms with Crippen LogP contribution in [0, 0.1) is 5.82 Å². The molecule has 2 aromatic rings. The van der Waals surface area contributed by atoms with E-state index in [-0.39, 0.29) is 11.2 Å². The molecule has 0 N–H and O–H groups in total. The summed E-state index contributed by atoms with van der Waals surface area (Å²) in [6, 6.07) is 9.09. The minimum absolute atomic E-state index is 0.0484. The number of halogens is 1. The fourth-order valence-corrected chi connectivity index (χ4v) is 2.71. The Morgan fingerprint density at radius 2 is 1.77 bits per heavy atom. The highest BCUT2D eigenvalue weighted by molar-refractivity contribution is 5.69. The van der Waals surface area contributed by atoms with Crippen LogP contribution in [0.15, 0.2) is 36.5 Å². The minimum Gasteiger partial charge on any atom is -0.378 e. The first-order valence-corrected chi connectivity index (χ1v) is 7.85. The van der Waals surface area contributed by atoms with Crippen LogP contribution in [0.2, 0.25) is 0 Å². The number of rotatable bonds is 5. The lowest BCUT2D eigenvalue weighted by Gasteiger charge is -2.30. The van der Waals surface area contributed by atoms with Gasteiger partial charge in [0.2, 0.25) is 0 Å². The van der Waals surface area contributed by atoms with Crippen LogP contribution in [0.3, 0.4) is 0 Å². The molecule has 0 aliphatic rings. The molecule has 0 saturated carbocycles. The molecule has 22 heavy (non-hydrogen) atoms. The molecule has 0 amide bonds. The number of anilines is 1. The molecule has 3 heteroatoms. The first kappa shape index (κ1) is 16.5. The second-order valence-electron chi connectivity index (χ2n) is 6.25. The summed E-state index contributed by atoms with van der Waals surface area (Å²) in [5, 5.41) is 0. The lowest BCUT2D eigenvalue weighted by molar-refractivity contribution is 0.437. The van der Waals surface area contributed by atoms with E-state index in [1.807, 2.05) is 37.3 Å². The molecule has 0 unspecified atom stereocenters. The van der Waals surface area contributed by atoms with Gasteiger partial charge in [-0.1, -0.05) is 20.8 Å². The van der Waals surface area contributed by atoms with Crippen LogP contribution in [0.5, 0.6) is 0 Å². The second-order valence-corrected chi connectivity index (χ2v) is 6.25. The third kappa shape index (κ3) is 3.13. The van der Waals surface area contributed by atoms with Crippen molar-refractivity contribution in [2.75, 3.05) is 19.0 Å². The van der Waals surface area contributed by atoms with Gasteiger partial charge in [0.05, 0.1) is 5.69 Å². The molecule has 0 saturated heterocycles. The predicted octanol–water partition coefficient (Wildman–Crippen LogP) is 5.03. The third-order valence-corrected chi connectivity index (χ3v) is 4.73. The highest BCUT2D eigenvalue weighted by Gasteiger charge is 2.26. The highest BCUT2D eigenvalue weighted by atomic mass is 19.1. The SMILES string of the molecule is CCC(C)(CC)c1cc(F)ccc1-c1cc(N(C)C)ccn1. The molecule has 2 rings (SSSR count). The molecule has 1 heterocycles. The third-order valence-electron chi connectivity index (χ3n) is 4.73. The Morgan fingerprint density at radius 3 is 2.36 bits per heavy atom. The van der Waals surface area contributed by atoms with E-state index < -0.39 is 0 Å². The fraction of sp³-hybridized carbons (Fsp3) is 0.421. The van der Waals surface area contributed by atoms with Gasteiger partial charge in [0.25, 0.3) is 0 Å². The average molecular weight is 300 g/mol. The van der Waals surface area contributed by atoms with Crippen molar-refractivity contribution >= 4 is 5.69 Å². The summed E-state index contributed by atoms with van der Waals surface area (Å²) in [5.41, 5.74) is 4.01. The van der Waals surface area contributed by atoms with E-state index in [0.29, 0.717) is 0 Å². The van der Waals surface area contributed by atoms with Crippen molar-refractivity contribution in [1.82, 2.24) is 4.98 Å². The molecular formula is C19H25FN2. The Morgan fingerprint density at radius 1 is 1.09 bits per heavy atom. The zero-order valence-electron chi connectivity index (χ0n) is 14.2. The van der Waals surface area contributed by atoms with Gasteiger partial charge in [0, 0.05) is 31.5 Å². The van der Waals surface area contributed by atoms with E-state index in [4.69, 9.17) is 0 Å². The number of hydrogen-bond acceptors (Lipinski definition) is 2. The summed E-state index contributed by atoms with van der Waals surface area (Å²) in [7, 11) is 4.01. The van der Waals surface area contributed by atoms with Gasteiger partial charge in [-0.25, -0.2) is 4.39 Å². The van der Waals surface area contributed by atoms with E-state index in [2.05, 4.69) is 31.8 Å². The first-order valence-electron chi connectivity index (χ1n) is 7.85. The summed E-state index contributed by atoms with van der Waals surface area (Å²) in [6.45, 7) is 6.50. The maximum absolute atomic E-state index is 13.8. The van der Waals surface area contributed by atoms with Gasteiger partial charge in [0.1, 0.15) is 5.82 Å². The Balaban J connectivity index is 2.63. The standard InChI is InChI=1S/C19H25FN2/c1-6-19(3,7-2)17-12-14(20)8-9-16(17)18-13-15(22(4)5)10-11-21-18/h8-13H,6-7H2,1-5H3. The summed E-state index contributed by atoms with van der Waals surface area (Å²) in [6.07, 6.45) is 3.74. The van der Waals surface area contributed by atoms with Gasteiger partial charge in [-0.15, -0.1) is 0 Å². The molecule has 0 atom stereocenters. The molecule has 0 spiro atoms. The van der Waals surface area contributed by atoms with Crippen LogP contribution in [-0.2, 0) is 5.41 Å². The van der Waals surface area contributed by atoms with E-state index in [9.17, 15) is 4.39 Å². The van der Waals surface area contributed by atoms with Crippen LogP contribution in [-0.4, -0.2) is 19.1 Å². The van der Waals surface area contributed by atoms with Crippen LogP contribution < -0.4 is 4.90 Å². The van der Waals surface area contributed by atoms with Crippen LogP contribution in [0.25, 0.3) is 11.3 Å². The maximum atomic E-state index is 13.8. The molecule has 1 aromatic carbocycles. The van der Waals surface area contributed by atoms with E-state index in [1.54, 1.807) is 6.07 Å². The molecule has 0 bridgehead atoms. The van der Waals surface area contributed by atoms with Crippen molar-refractivity contribution in [3.63, 3.8) is 0 Å². The summed E-state index contributed by atoms with van der Waals surface area (Å²) in [5.74, 6) is -0.185. The Bertz CT molecular complexity index is 646. The maximum Gasteiger partial charge on any atom is 0.123 e. The van der Waals surface area contributed by atoms with Gasteiger partial charge in [-0.3, -0.25) is 4.98 Å². The molecule has 0 aliphatic heterocycles. The van der Waals surface area contributed by atoms with Gasteiger partial charge < -0.3 is 4.90 Å². The van der Waals surface area contributed by atoms with E-state index in [0.717, 1.165) is 35.3 Å². The lowest BCUT2D eigenvalue weighted by Crippen LogP contribution is -2.21. The van der Waals surface area contributed by atoms with Gasteiger partial charge >= 0.3 is 0 Å². The van der Waals surface area contributed by atoms with E-state index in [1.165, 1.54) is 6.07 Å². The number of benzene rings is 1. The average Bonchev–Trinajstić information content (AvgIpc) is 2.54. The number of aromatic nitrogens is 1. The van der Waals surface area contributed by atoms with Crippen molar-refractivity contribution in [3.8, 4) is 11.3 Å². The second kappa shape index (κ2) is 6.47. The quantitative estimate of drug-likeness (QED) is 0.769. The Labute approximate surface area is 133 Å².